The van der Waals surface area contributed by atoms with E-state index in [2.05, 4.69) is 4.98 Å². The Morgan fingerprint density at radius 1 is 1.08 bits per heavy atom. The van der Waals surface area contributed by atoms with Crippen molar-refractivity contribution in [2.24, 2.45) is 0 Å². The van der Waals surface area contributed by atoms with Crippen LogP contribution in [0, 0.1) is 0 Å². The minimum absolute atomic E-state index is 0.101. The molecule has 0 unspecified atom stereocenters. The highest BCUT2D eigenvalue weighted by molar-refractivity contribution is 5.98. The number of hydrogen-bond donors (Lipinski definition) is 0. The average Bonchev–Trinajstić information content (AvgIpc) is 3.08. The van der Waals surface area contributed by atoms with E-state index in [1.54, 1.807) is 24.3 Å². The van der Waals surface area contributed by atoms with Gasteiger partial charge in [0.1, 0.15) is 11.3 Å². The molecule has 6 nitrogen and oxygen atoms in total. The van der Waals surface area contributed by atoms with Crippen LogP contribution in [0.5, 0.6) is 5.75 Å². The Morgan fingerprint density at radius 2 is 1.85 bits per heavy atom. The fraction of sp³-hybridized carbons (Fsp3) is 0.250. The second-order valence-electron chi connectivity index (χ2n) is 5.62. The summed E-state index contributed by atoms with van der Waals surface area (Å²) in [7, 11) is 0. The number of para-hydroxylation sites is 2. The van der Waals surface area contributed by atoms with Gasteiger partial charge in [0.2, 0.25) is 0 Å². The number of ketones is 1. The van der Waals surface area contributed by atoms with Crippen molar-refractivity contribution in [2.75, 3.05) is 13.2 Å². The first-order chi connectivity index (χ1) is 12.7. The summed E-state index contributed by atoms with van der Waals surface area (Å²) in [6.45, 7) is 2.16. The zero-order valence-corrected chi connectivity index (χ0v) is 14.4. The molecule has 0 saturated carbocycles. The molecule has 0 atom stereocenters. The zero-order chi connectivity index (χ0) is 18.4. The fourth-order valence-electron chi connectivity index (χ4n) is 2.44. The molecular weight excluding hydrogens is 334 g/mol. The van der Waals surface area contributed by atoms with E-state index in [1.165, 1.54) is 0 Å². The van der Waals surface area contributed by atoms with Crippen LogP contribution in [0.3, 0.4) is 0 Å². The number of hydrogen-bond acceptors (Lipinski definition) is 6. The van der Waals surface area contributed by atoms with Gasteiger partial charge in [0, 0.05) is 12.0 Å². The number of carbonyl (C=O) groups excluding carboxylic acids is 2. The third-order valence-electron chi connectivity index (χ3n) is 3.73. The molecule has 1 heterocycles. The van der Waals surface area contributed by atoms with E-state index in [1.807, 2.05) is 31.2 Å². The predicted octanol–water partition coefficient (Wildman–Crippen LogP) is 3.59. The molecule has 0 aliphatic carbocycles. The lowest BCUT2D eigenvalue weighted by molar-refractivity contribution is -0.142. The van der Waals surface area contributed by atoms with Gasteiger partial charge in [-0.1, -0.05) is 12.1 Å². The highest BCUT2D eigenvalue weighted by Crippen LogP contribution is 2.16. The van der Waals surface area contributed by atoms with Gasteiger partial charge in [-0.3, -0.25) is 9.59 Å². The molecule has 3 rings (SSSR count). The van der Waals surface area contributed by atoms with E-state index in [0.717, 1.165) is 5.52 Å². The van der Waals surface area contributed by atoms with E-state index in [9.17, 15) is 9.59 Å². The van der Waals surface area contributed by atoms with Gasteiger partial charge in [-0.15, -0.1) is 0 Å². The first-order valence-electron chi connectivity index (χ1n) is 8.42. The Hall–Kier alpha value is -3.15. The number of benzene rings is 2. The lowest BCUT2D eigenvalue weighted by atomic mass is 10.1. The maximum absolute atomic E-state index is 12.1. The highest BCUT2D eigenvalue weighted by atomic mass is 16.5. The molecule has 0 radical (unpaired) electrons. The molecule has 2 aromatic carbocycles. The van der Waals surface area contributed by atoms with Crippen LogP contribution in [-0.4, -0.2) is 30.0 Å². The van der Waals surface area contributed by atoms with Crippen molar-refractivity contribution < 1.29 is 23.5 Å². The Balaban J connectivity index is 1.46. The third kappa shape index (κ3) is 4.47. The number of aryl methyl sites for hydroxylation is 1. The number of rotatable bonds is 8. The smallest absolute Gasteiger partial charge is 0.306 e. The summed E-state index contributed by atoms with van der Waals surface area (Å²) in [6.07, 6.45) is 0.425. The second kappa shape index (κ2) is 8.29. The lowest BCUT2D eigenvalue weighted by Gasteiger charge is -2.05. The largest absolute Gasteiger partial charge is 0.494 e. The van der Waals surface area contributed by atoms with Gasteiger partial charge < -0.3 is 13.9 Å². The van der Waals surface area contributed by atoms with Crippen LogP contribution in [0.2, 0.25) is 0 Å². The average molecular weight is 353 g/mol. The van der Waals surface area contributed by atoms with Crippen molar-refractivity contribution in [3.8, 4) is 5.75 Å². The molecule has 26 heavy (non-hydrogen) atoms. The Kier molecular flexibility index (Phi) is 5.63. The summed E-state index contributed by atoms with van der Waals surface area (Å²) in [6, 6.07) is 14.1. The Morgan fingerprint density at radius 3 is 2.58 bits per heavy atom. The molecule has 0 N–H and O–H groups in total. The number of nitrogens with zero attached hydrogens (tertiary/aromatic N) is 1. The van der Waals surface area contributed by atoms with Crippen LogP contribution in [0.1, 0.15) is 29.6 Å². The normalized spacial score (nSPS) is 10.7. The first kappa shape index (κ1) is 17.7. The summed E-state index contributed by atoms with van der Waals surface area (Å²) in [5.74, 6) is 0.440. The molecular formula is C20H19NO5. The first-order valence-corrected chi connectivity index (χ1v) is 8.42. The molecule has 134 valence electrons. The van der Waals surface area contributed by atoms with Crippen LogP contribution in [-0.2, 0) is 16.0 Å². The van der Waals surface area contributed by atoms with E-state index in [-0.39, 0.29) is 18.8 Å². The Bertz CT molecular complexity index is 865. The van der Waals surface area contributed by atoms with Crippen molar-refractivity contribution in [3.05, 3.63) is 60.0 Å². The molecule has 0 bridgehead atoms. The third-order valence-corrected chi connectivity index (χ3v) is 3.73. The van der Waals surface area contributed by atoms with E-state index >= 15 is 0 Å². The van der Waals surface area contributed by atoms with Crippen molar-refractivity contribution in [2.45, 2.75) is 19.8 Å². The molecule has 1 aromatic heterocycles. The number of carbonyl (C=O) groups is 2. The zero-order valence-electron chi connectivity index (χ0n) is 14.4. The number of Topliss-reactive ketones (excluding diaryl/α,β-unsaturated/α-hetero) is 1. The quantitative estimate of drug-likeness (QED) is 0.455. The van der Waals surface area contributed by atoms with E-state index < -0.39 is 5.97 Å². The summed E-state index contributed by atoms with van der Waals surface area (Å²) >= 11 is 0. The predicted molar refractivity (Wildman–Crippen MR) is 95.2 cm³/mol. The number of oxazole rings is 1. The number of ether oxygens (including phenoxy) is 2. The molecule has 0 saturated heterocycles. The van der Waals surface area contributed by atoms with Crippen molar-refractivity contribution in [1.82, 2.24) is 4.98 Å². The van der Waals surface area contributed by atoms with Gasteiger partial charge in [-0.2, -0.15) is 0 Å². The summed E-state index contributed by atoms with van der Waals surface area (Å²) in [5.41, 5.74) is 1.91. The fourth-order valence-corrected chi connectivity index (χ4v) is 2.44. The standard InChI is InChI=1S/C20H19NO5/c1-2-24-15-9-7-14(8-10-15)17(22)13-25-20(23)12-11-19-21-16-5-3-4-6-18(16)26-19/h3-10H,2,11-13H2,1H3. The second-order valence-corrected chi connectivity index (χ2v) is 5.62. The van der Waals surface area contributed by atoms with Crippen molar-refractivity contribution in [3.63, 3.8) is 0 Å². The topological polar surface area (TPSA) is 78.6 Å². The summed E-state index contributed by atoms with van der Waals surface area (Å²) < 4.78 is 15.9. The summed E-state index contributed by atoms with van der Waals surface area (Å²) in [4.78, 5) is 28.2. The van der Waals surface area contributed by atoms with Gasteiger partial charge in [0.15, 0.2) is 23.9 Å². The van der Waals surface area contributed by atoms with Gasteiger partial charge in [0.05, 0.1) is 13.0 Å². The minimum Gasteiger partial charge on any atom is -0.494 e. The van der Waals surface area contributed by atoms with Crippen molar-refractivity contribution >= 4 is 22.9 Å². The lowest BCUT2D eigenvalue weighted by Crippen LogP contribution is -2.14. The van der Waals surface area contributed by atoms with Gasteiger partial charge in [0.25, 0.3) is 0 Å². The van der Waals surface area contributed by atoms with E-state index in [4.69, 9.17) is 13.9 Å². The Labute approximate surface area is 150 Å². The molecule has 0 amide bonds. The van der Waals surface area contributed by atoms with Crippen LogP contribution in [0.4, 0.5) is 0 Å². The van der Waals surface area contributed by atoms with Crippen LogP contribution < -0.4 is 4.74 Å². The highest BCUT2D eigenvalue weighted by Gasteiger charge is 2.12. The maximum Gasteiger partial charge on any atom is 0.306 e. The maximum atomic E-state index is 12.1. The minimum atomic E-state index is -0.466. The molecule has 0 aliphatic rings. The number of esters is 1. The molecule has 0 aliphatic heterocycles. The van der Waals surface area contributed by atoms with Crippen LogP contribution in [0.25, 0.3) is 11.1 Å². The molecule has 6 heteroatoms. The summed E-state index contributed by atoms with van der Waals surface area (Å²) in [5, 5.41) is 0. The SMILES string of the molecule is CCOc1ccc(C(=O)COC(=O)CCc2nc3ccccc3o2)cc1. The number of aromatic nitrogens is 1. The molecule has 0 spiro atoms. The van der Waals surface area contributed by atoms with Gasteiger partial charge in [-0.25, -0.2) is 4.98 Å². The van der Waals surface area contributed by atoms with Crippen molar-refractivity contribution in [1.29, 1.82) is 0 Å². The van der Waals surface area contributed by atoms with Gasteiger partial charge >= 0.3 is 5.97 Å². The van der Waals surface area contributed by atoms with E-state index in [0.29, 0.717) is 35.8 Å². The van der Waals surface area contributed by atoms with Gasteiger partial charge in [-0.05, 0) is 43.3 Å². The monoisotopic (exact) mass is 353 g/mol. The molecule has 0 fully saturated rings. The molecule has 3 aromatic rings. The van der Waals surface area contributed by atoms with Crippen LogP contribution >= 0.6 is 0 Å². The number of fused-ring (bicyclic) bond motifs is 1. The van der Waals surface area contributed by atoms with Crippen LogP contribution in [0.15, 0.2) is 52.9 Å².